The highest BCUT2D eigenvalue weighted by molar-refractivity contribution is 5.84. The quantitative estimate of drug-likeness (QED) is 0.857. The molecule has 0 bridgehead atoms. The molecule has 2 heterocycles. The summed E-state index contributed by atoms with van der Waals surface area (Å²) in [5.74, 6) is -1.35. The van der Waals surface area contributed by atoms with Gasteiger partial charge in [-0.15, -0.1) is 0 Å². The lowest BCUT2D eigenvalue weighted by Gasteiger charge is -2.11. The van der Waals surface area contributed by atoms with Gasteiger partial charge in [-0.1, -0.05) is 13.0 Å². The number of aryl methyl sites for hydroxylation is 1. The Kier molecular flexibility index (Phi) is 4.02. The van der Waals surface area contributed by atoms with Crippen LogP contribution in [0.2, 0.25) is 0 Å². The van der Waals surface area contributed by atoms with Crippen LogP contribution in [0.5, 0.6) is 0 Å². The van der Waals surface area contributed by atoms with Gasteiger partial charge in [0.05, 0.1) is 12.1 Å². The van der Waals surface area contributed by atoms with Crippen molar-refractivity contribution in [1.29, 1.82) is 0 Å². The van der Waals surface area contributed by atoms with Gasteiger partial charge in [-0.05, 0) is 25.0 Å². The number of rotatable bonds is 5. The highest BCUT2D eigenvalue weighted by Gasteiger charge is 2.18. The van der Waals surface area contributed by atoms with E-state index in [1.165, 1.54) is 0 Å². The van der Waals surface area contributed by atoms with Crippen molar-refractivity contribution in [3.8, 4) is 0 Å². The van der Waals surface area contributed by atoms with Crippen LogP contribution in [0.3, 0.4) is 0 Å². The van der Waals surface area contributed by atoms with E-state index in [1.54, 1.807) is 13.1 Å². The molecule has 20 heavy (non-hydrogen) atoms. The van der Waals surface area contributed by atoms with Crippen molar-refractivity contribution in [3.63, 3.8) is 0 Å². The van der Waals surface area contributed by atoms with Crippen LogP contribution in [0.1, 0.15) is 24.6 Å². The molecule has 1 atom stereocenters. The van der Waals surface area contributed by atoms with Crippen molar-refractivity contribution in [1.82, 2.24) is 14.7 Å². The standard InChI is InChI=1S/C14H17N3O3/c1-3-11(14(19)20)16-12(18)7-10-8-17-6-4-5-9(2)13(17)15-10/h4-6,8,11H,3,7H2,1-2H3,(H,16,18)(H,19,20). The Morgan fingerprint density at radius 1 is 1.50 bits per heavy atom. The van der Waals surface area contributed by atoms with Gasteiger partial charge in [-0.25, -0.2) is 9.78 Å². The summed E-state index contributed by atoms with van der Waals surface area (Å²) in [6, 6.07) is 3.01. The van der Waals surface area contributed by atoms with Gasteiger partial charge in [0.15, 0.2) is 0 Å². The van der Waals surface area contributed by atoms with Gasteiger partial charge >= 0.3 is 5.97 Å². The molecule has 0 aliphatic rings. The zero-order chi connectivity index (χ0) is 14.7. The minimum Gasteiger partial charge on any atom is -0.480 e. The minimum atomic E-state index is -1.02. The predicted molar refractivity (Wildman–Crippen MR) is 73.5 cm³/mol. The molecule has 1 unspecified atom stereocenters. The summed E-state index contributed by atoms with van der Waals surface area (Å²) < 4.78 is 1.85. The third-order valence-electron chi connectivity index (χ3n) is 3.11. The highest BCUT2D eigenvalue weighted by Crippen LogP contribution is 2.10. The normalized spacial score (nSPS) is 12.3. The molecule has 2 aromatic rings. The third-order valence-corrected chi connectivity index (χ3v) is 3.11. The highest BCUT2D eigenvalue weighted by atomic mass is 16.4. The molecule has 0 fully saturated rings. The van der Waals surface area contributed by atoms with Crippen LogP contribution < -0.4 is 5.32 Å². The van der Waals surface area contributed by atoms with Crippen LogP contribution in [0.4, 0.5) is 0 Å². The van der Waals surface area contributed by atoms with Crippen LogP contribution in [-0.2, 0) is 16.0 Å². The number of carbonyl (C=O) groups is 2. The van der Waals surface area contributed by atoms with E-state index >= 15 is 0 Å². The van der Waals surface area contributed by atoms with Gasteiger partial charge in [0.1, 0.15) is 11.7 Å². The number of imidazole rings is 1. The number of carboxylic acid groups (broad SMARTS) is 1. The number of nitrogens with zero attached hydrogens (tertiary/aromatic N) is 2. The molecule has 0 saturated heterocycles. The summed E-state index contributed by atoms with van der Waals surface area (Å²) in [6.45, 7) is 3.66. The maximum Gasteiger partial charge on any atom is 0.326 e. The lowest BCUT2D eigenvalue weighted by molar-refractivity contribution is -0.141. The molecule has 0 aliphatic carbocycles. The van der Waals surface area contributed by atoms with Crippen molar-refractivity contribution in [2.45, 2.75) is 32.7 Å². The monoisotopic (exact) mass is 275 g/mol. The number of fused-ring (bicyclic) bond motifs is 1. The number of pyridine rings is 1. The Hall–Kier alpha value is -2.37. The Bertz CT molecular complexity index is 648. The maximum atomic E-state index is 11.8. The molecule has 0 saturated carbocycles. The van der Waals surface area contributed by atoms with Crippen LogP contribution in [0.25, 0.3) is 5.65 Å². The fourth-order valence-electron chi connectivity index (χ4n) is 2.04. The van der Waals surface area contributed by atoms with E-state index < -0.39 is 12.0 Å². The SMILES string of the molecule is CCC(NC(=O)Cc1cn2cccc(C)c2n1)C(=O)O. The zero-order valence-corrected chi connectivity index (χ0v) is 11.5. The van der Waals surface area contributed by atoms with Crippen molar-refractivity contribution in [2.75, 3.05) is 0 Å². The van der Waals surface area contributed by atoms with E-state index in [1.807, 2.05) is 29.7 Å². The molecular formula is C14H17N3O3. The fourth-order valence-corrected chi connectivity index (χ4v) is 2.04. The molecule has 6 heteroatoms. The predicted octanol–water partition coefficient (Wildman–Crippen LogP) is 1.16. The Morgan fingerprint density at radius 3 is 2.85 bits per heavy atom. The zero-order valence-electron chi connectivity index (χ0n) is 11.5. The van der Waals surface area contributed by atoms with Crippen molar-refractivity contribution in [3.05, 3.63) is 35.8 Å². The molecule has 106 valence electrons. The first-order chi connectivity index (χ1) is 9.51. The van der Waals surface area contributed by atoms with Crippen LogP contribution in [0, 0.1) is 6.92 Å². The van der Waals surface area contributed by atoms with Crippen molar-refractivity contribution >= 4 is 17.5 Å². The molecule has 2 aromatic heterocycles. The van der Waals surface area contributed by atoms with Crippen molar-refractivity contribution < 1.29 is 14.7 Å². The van der Waals surface area contributed by atoms with Gasteiger partial charge in [-0.2, -0.15) is 0 Å². The lowest BCUT2D eigenvalue weighted by Crippen LogP contribution is -2.41. The largest absolute Gasteiger partial charge is 0.480 e. The van der Waals surface area contributed by atoms with E-state index in [0.29, 0.717) is 12.1 Å². The molecular weight excluding hydrogens is 258 g/mol. The second-order valence-electron chi connectivity index (χ2n) is 4.70. The van der Waals surface area contributed by atoms with Gasteiger partial charge in [-0.3, -0.25) is 4.79 Å². The number of nitrogens with one attached hydrogen (secondary N) is 1. The van der Waals surface area contributed by atoms with Gasteiger partial charge < -0.3 is 14.8 Å². The number of amides is 1. The molecule has 0 spiro atoms. The average Bonchev–Trinajstić information content (AvgIpc) is 2.79. The molecule has 2 rings (SSSR count). The Balaban J connectivity index is 2.10. The third kappa shape index (κ3) is 2.96. The second-order valence-corrected chi connectivity index (χ2v) is 4.70. The summed E-state index contributed by atoms with van der Waals surface area (Å²) in [4.78, 5) is 27.1. The summed E-state index contributed by atoms with van der Waals surface area (Å²) in [5, 5.41) is 11.4. The molecule has 0 radical (unpaired) electrons. The first-order valence-corrected chi connectivity index (χ1v) is 6.46. The number of hydrogen-bond acceptors (Lipinski definition) is 3. The second kappa shape index (κ2) is 5.73. The summed E-state index contributed by atoms with van der Waals surface area (Å²) in [7, 11) is 0. The van der Waals surface area contributed by atoms with E-state index in [9.17, 15) is 9.59 Å². The molecule has 2 N–H and O–H groups in total. The fraction of sp³-hybridized carbons (Fsp3) is 0.357. The average molecular weight is 275 g/mol. The van der Waals surface area contributed by atoms with E-state index in [2.05, 4.69) is 10.3 Å². The van der Waals surface area contributed by atoms with Gasteiger partial charge in [0.25, 0.3) is 0 Å². The summed E-state index contributed by atoms with van der Waals surface area (Å²) in [5.41, 5.74) is 2.45. The first kappa shape index (κ1) is 14.0. The molecule has 0 aliphatic heterocycles. The van der Waals surface area contributed by atoms with Crippen LogP contribution in [0.15, 0.2) is 24.5 Å². The Labute approximate surface area is 116 Å². The summed E-state index contributed by atoms with van der Waals surface area (Å²) in [6.07, 6.45) is 4.07. The first-order valence-electron chi connectivity index (χ1n) is 6.46. The number of carbonyl (C=O) groups excluding carboxylic acids is 1. The number of hydrogen-bond donors (Lipinski definition) is 2. The number of aromatic nitrogens is 2. The summed E-state index contributed by atoms with van der Waals surface area (Å²) >= 11 is 0. The number of carboxylic acids is 1. The molecule has 1 amide bonds. The van der Waals surface area contributed by atoms with Crippen LogP contribution >= 0.6 is 0 Å². The molecule has 6 nitrogen and oxygen atoms in total. The smallest absolute Gasteiger partial charge is 0.326 e. The molecule has 0 aromatic carbocycles. The van der Waals surface area contributed by atoms with E-state index in [0.717, 1.165) is 11.2 Å². The Morgan fingerprint density at radius 2 is 2.25 bits per heavy atom. The lowest BCUT2D eigenvalue weighted by atomic mass is 10.2. The van der Waals surface area contributed by atoms with Crippen molar-refractivity contribution in [2.24, 2.45) is 0 Å². The van der Waals surface area contributed by atoms with Gasteiger partial charge in [0, 0.05) is 12.4 Å². The maximum absolute atomic E-state index is 11.8. The van der Waals surface area contributed by atoms with E-state index in [-0.39, 0.29) is 12.3 Å². The topological polar surface area (TPSA) is 83.7 Å². The minimum absolute atomic E-state index is 0.0743. The van der Waals surface area contributed by atoms with E-state index in [4.69, 9.17) is 5.11 Å². The number of aliphatic carboxylic acids is 1. The van der Waals surface area contributed by atoms with Gasteiger partial charge in [0.2, 0.25) is 5.91 Å². The van der Waals surface area contributed by atoms with Crippen LogP contribution in [-0.4, -0.2) is 32.4 Å².